The molecular formula is C16H21N3O4S. The number of methoxy groups -OCH3 is 1. The van der Waals surface area contributed by atoms with Crippen molar-refractivity contribution in [2.75, 3.05) is 13.7 Å². The van der Waals surface area contributed by atoms with Gasteiger partial charge in [-0.05, 0) is 50.1 Å². The van der Waals surface area contributed by atoms with E-state index in [4.69, 9.17) is 4.74 Å². The third kappa shape index (κ3) is 4.01. The molecule has 1 aromatic heterocycles. The molecule has 0 saturated carbocycles. The van der Waals surface area contributed by atoms with Crippen LogP contribution in [0.3, 0.4) is 0 Å². The quantitative estimate of drug-likeness (QED) is 0.843. The Balaban J connectivity index is 2.19. The van der Waals surface area contributed by atoms with Crippen molar-refractivity contribution in [2.45, 2.75) is 32.2 Å². The van der Waals surface area contributed by atoms with E-state index in [9.17, 15) is 13.2 Å². The highest BCUT2D eigenvalue weighted by molar-refractivity contribution is 7.89. The van der Waals surface area contributed by atoms with E-state index in [1.54, 1.807) is 25.1 Å². The van der Waals surface area contributed by atoms with Crippen molar-refractivity contribution < 1.29 is 13.2 Å². The molecule has 7 nitrogen and oxygen atoms in total. The predicted octanol–water partition coefficient (Wildman–Crippen LogP) is 1.16. The van der Waals surface area contributed by atoms with Gasteiger partial charge in [-0.1, -0.05) is 0 Å². The summed E-state index contributed by atoms with van der Waals surface area (Å²) in [5.41, 5.74) is 2.21. The number of nitrogens with zero attached hydrogens (tertiary/aromatic N) is 2. The van der Waals surface area contributed by atoms with Crippen molar-refractivity contribution in [3.63, 3.8) is 0 Å². The van der Waals surface area contributed by atoms with Crippen LogP contribution in [0.1, 0.15) is 16.8 Å². The van der Waals surface area contributed by atoms with Crippen LogP contribution in [-0.2, 0) is 16.6 Å². The number of hydrogen-bond acceptors (Lipinski definition) is 5. The van der Waals surface area contributed by atoms with Crippen molar-refractivity contribution in [1.82, 2.24) is 14.5 Å². The van der Waals surface area contributed by atoms with Crippen molar-refractivity contribution in [3.8, 4) is 5.75 Å². The smallest absolute Gasteiger partial charge is 0.266 e. The zero-order chi connectivity index (χ0) is 17.9. The number of ether oxygens (including phenoxy) is 1. The largest absolute Gasteiger partial charge is 0.495 e. The highest BCUT2D eigenvalue weighted by Crippen LogP contribution is 2.27. The maximum absolute atomic E-state index is 12.5. The molecule has 0 saturated heterocycles. The average Bonchev–Trinajstić information content (AvgIpc) is 2.52. The first kappa shape index (κ1) is 18.2. The van der Waals surface area contributed by atoms with E-state index in [0.29, 0.717) is 5.69 Å². The minimum absolute atomic E-state index is 0.0504. The molecule has 2 rings (SSSR count). The topological polar surface area (TPSA) is 90.3 Å². The predicted molar refractivity (Wildman–Crippen MR) is 90.9 cm³/mol. The molecule has 0 atom stereocenters. The Morgan fingerprint density at radius 1 is 1.17 bits per heavy atom. The van der Waals surface area contributed by atoms with E-state index in [2.05, 4.69) is 9.82 Å². The summed E-state index contributed by atoms with van der Waals surface area (Å²) in [6.07, 6.45) is 0. The van der Waals surface area contributed by atoms with Gasteiger partial charge < -0.3 is 4.74 Å². The molecule has 24 heavy (non-hydrogen) atoms. The second-order valence-corrected chi connectivity index (χ2v) is 7.26. The van der Waals surface area contributed by atoms with E-state index in [0.717, 1.165) is 11.1 Å². The van der Waals surface area contributed by atoms with Gasteiger partial charge in [0.2, 0.25) is 10.0 Å². The Kier molecular flexibility index (Phi) is 5.40. The van der Waals surface area contributed by atoms with Crippen LogP contribution in [0.5, 0.6) is 5.75 Å². The molecule has 1 heterocycles. The fourth-order valence-corrected chi connectivity index (χ4v) is 3.46. The molecule has 1 N–H and O–H groups in total. The molecular weight excluding hydrogens is 330 g/mol. The van der Waals surface area contributed by atoms with Crippen LogP contribution in [-0.4, -0.2) is 31.9 Å². The van der Waals surface area contributed by atoms with Crippen LogP contribution in [0.15, 0.2) is 34.0 Å². The Labute approximate surface area is 141 Å². The SMILES string of the molecule is COc1cc(C)c(C)cc1S(=O)(=O)NCCn1nc(C)ccc1=O. The first-order valence-corrected chi connectivity index (χ1v) is 8.92. The lowest BCUT2D eigenvalue weighted by Gasteiger charge is -2.13. The Hall–Kier alpha value is -2.19. The lowest BCUT2D eigenvalue weighted by Crippen LogP contribution is -2.32. The fraction of sp³-hybridized carbons (Fsp3) is 0.375. The van der Waals surface area contributed by atoms with Crippen LogP contribution in [0.2, 0.25) is 0 Å². The van der Waals surface area contributed by atoms with Crippen molar-refractivity contribution in [2.24, 2.45) is 0 Å². The molecule has 2 aromatic rings. The summed E-state index contributed by atoms with van der Waals surface area (Å²) in [7, 11) is -2.32. The molecule has 0 aliphatic heterocycles. The maximum atomic E-state index is 12.5. The lowest BCUT2D eigenvalue weighted by atomic mass is 10.1. The van der Waals surface area contributed by atoms with Crippen LogP contribution in [0, 0.1) is 20.8 Å². The molecule has 0 bridgehead atoms. The van der Waals surface area contributed by atoms with Gasteiger partial charge in [-0.2, -0.15) is 5.10 Å². The minimum Gasteiger partial charge on any atom is -0.495 e. The summed E-state index contributed by atoms with van der Waals surface area (Å²) < 4.78 is 33.9. The van der Waals surface area contributed by atoms with Gasteiger partial charge in [0.15, 0.2) is 0 Å². The summed E-state index contributed by atoms with van der Waals surface area (Å²) in [6, 6.07) is 6.29. The van der Waals surface area contributed by atoms with E-state index < -0.39 is 10.0 Å². The first-order valence-electron chi connectivity index (χ1n) is 7.44. The van der Waals surface area contributed by atoms with Crippen LogP contribution < -0.4 is 15.0 Å². The third-order valence-corrected chi connectivity index (χ3v) is 5.17. The lowest BCUT2D eigenvalue weighted by molar-refractivity contribution is 0.401. The van der Waals surface area contributed by atoms with E-state index in [1.807, 2.05) is 13.8 Å². The molecule has 0 radical (unpaired) electrons. The van der Waals surface area contributed by atoms with Gasteiger partial charge in [0.05, 0.1) is 19.3 Å². The van der Waals surface area contributed by atoms with Crippen LogP contribution in [0.4, 0.5) is 0 Å². The molecule has 0 amide bonds. The minimum atomic E-state index is -3.75. The van der Waals surface area contributed by atoms with E-state index in [1.165, 1.54) is 17.9 Å². The normalized spacial score (nSPS) is 11.5. The molecule has 0 aliphatic carbocycles. The molecule has 130 valence electrons. The van der Waals surface area contributed by atoms with Gasteiger partial charge in [0, 0.05) is 12.6 Å². The Morgan fingerprint density at radius 3 is 2.50 bits per heavy atom. The highest BCUT2D eigenvalue weighted by atomic mass is 32.2. The third-order valence-electron chi connectivity index (χ3n) is 3.69. The standard InChI is InChI=1S/C16H21N3O4S/c1-11-9-14(23-4)15(10-12(11)2)24(21,22)17-7-8-19-16(20)6-5-13(3)18-19/h5-6,9-10,17H,7-8H2,1-4H3. The first-order chi connectivity index (χ1) is 11.2. The van der Waals surface area contributed by atoms with Gasteiger partial charge in [0.25, 0.3) is 5.56 Å². The number of rotatable bonds is 6. The fourth-order valence-electron chi connectivity index (χ4n) is 2.21. The molecule has 8 heteroatoms. The van der Waals surface area contributed by atoms with Gasteiger partial charge in [-0.15, -0.1) is 0 Å². The second-order valence-electron chi connectivity index (χ2n) is 5.52. The molecule has 0 unspecified atom stereocenters. The number of aryl methyl sites for hydroxylation is 3. The zero-order valence-electron chi connectivity index (χ0n) is 14.2. The summed E-state index contributed by atoms with van der Waals surface area (Å²) >= 11 is 0. The van der Waals surface area contributed by atoms with Crippen molar-refractivity contribution in [3.05, 3.63) is 51.4 Å². The van der Waals surface area contributed by atoms with Crippen molar-refractivity contribution in [1.29, 1.82) is 0 Å². The number of benzene rings is 1. The van der Waals surface area contributed by atoms with E-state index in [-0.39, 0.29) is 29.3 Å². The summed E-state index contributed by atoms with van der Waals surface area (Å²) in [4.78, 5) is 11.8. The monoisotopic (exact) mass is 351 g/mol. The molecule has 0 spiro atoms. The number of aromatic nitrogens is 2. The van der Waals surface area contributed by atoms with Crippen LogP contribution in [0.25, 0.3) is 0 Å². The van der Waals surface area contributed by atoms with Gasteiger partial charge >= 0.3 is 0 Å². The molecule has 0 aliphatic rings. The van der Waals surface area contributed by atoms with E-state index >= 15 is 0 Å². The summed E-state index contributed by atoms with van der Waals surface area (Å²) in [5, 5.41) is 4.07. The second kappa shape index (κ2) is 7.14. The van der Waals surface area contributed by atoms with Gasteiger partial charge in [-0.25, -0.2) is 17.8 Å². The maximum Gasteiger partial charge on any atom is 0.266 e. The van der Waals surface area contributed by atoms with Crippen LogP contribution >= 0.6 is 0 Å². The summed E-state index contributed by atoms with van der Waals surface area (Å²) in [5.74, 6) is 0.288. The highest BCUT2D eigenvalue weighted by Gasteiger charge is 2.20. The number of hydrogen-bond donors (Lipinski definition) is 1. The Bertz CT molecular complexity index is 904. The van der Waals surface area contributed by atoms with Gasteiger partial charge in [-0.3, -0.25) is 4.79 Å². The van der Waals surface area contributed by atoms with Crippen molar-refractivity contribution >= 4 is 10.0 Å². The Morgan fingerprint density at radius 2 is 1.83 bits per heavy atom. The number of nitrogens with one attached hydrogen (secondary N) is 1. The molecule has 1 aromatic carbocycles. The summed E-state index contributed by atoms with van der Waals surface area (Å²) in [6.45, 7) is 5.68. The van der Waals surface area contributed by atoms with Gasteiger partial charge in [0.1, 0.15) is 10.6 Å². The zero-order valence-corrected chi connectivity index (χ0v) is 15.0. The average molecular weight is 351 g/mol. The number of sulfonamides is 1. The molecule has 0 fully saturated rings.